The number of hydrogen-bond donors (Lipinski definition) is 0. The van der Waals surface area contributed by atoms with Gasteiger partial charge in [-0.3, -0.25) is 4.79 Å². The summed E-state index contributed by atoms with van der Waals surface area (Å²) in [5.74, 6) is -2.44. The Morgan fingerprint density at radius 2 is 1.84 bits per heavy atom. The van der Waals surface area contributed by atoms with Crippen molar-refractivity contribution in [3.05, 3.63) is 65.2 Å². The summed E-state index contributed by atoms with van der Waals surface area (Å²) in [4.78, 5) is 14.7. The minimum absolute atomic E-state index is 0.0290. The summed E-state index contributed by atoms with van der Waals surface area (Å²) < 4.78 is 45.1. The summed E-state index contributed by atoms with van der Waals surface area (Å²) in [6, 6.07) is 12.0. The van der Waals surface area contributed by atoms with Gasteiger partial charge < -0.3 is 19.1 Å². The van der Waals surface area contributed by atoms with Crippen LogP contribution in [0.3, 0.4) is 0 Å². The van der Waals surface area contributed by atoms with Gasteiger partial charge in [-0.25, -0.2) is 8.78 Å². The average molecular weight is 446 g/mol. The molecule has 1 spiro atoms. The van der Waals surface area contributed by atoms with Crippen LogP contribution in [0.4, 0.5) is 8.78 Å². The lowest BCUT2D eigenvalue weighted by Crippen LogP contribution is -2.52. The van der Waals surface area contributed by atoms with Crippen LogP contribution in [-0.2, 0) is 9.47 Å². The lowest BCUT2D eigenvalue weighted by Gasteiger charge is -2.48. The fraction of sp³-hybridized carbons (Fsp3) is 0.480. The molecule has 0 radical (unpaired) electrons. The Morgan fingerprint density at radius 3 is 2.50 bits per heavy atom. The first-order chi connectivity index (χ1) is 15.4. The molecular formula is C25H29F2NO4. The van der Waals surface area contributed by atoms with Crippen LogP contribution < -0.4 is 4.74 Å². The molecule has 5 nitrogen and oxygen atoms in total. The first kappa shape index (κ1) is 22.7. The van der Waals surface area contributed by atoms with Crippen molar-refractivity contribution in [2.75, 3.05) is 26.8 Å². The molecule has 2 atom stereocenters. The van der Waals surface area contributed by atoms with E-state index in [0.717, 1.165) is 30.5 Å². The number of nitrogens with zero attached hydrogens (tertiary/aromatic N) is 1. The van der Waals surface area contributed by atoms with Crippen LogP contribution >= 0.6 is 0 Å². The molecule has 2 unspecified atom stereocenters. The largest absolute Gasteiger partial charge is 0.496 e. The molecule has 2 aliphatic rings. The Bertz CT molecular complexity index is 944. The molecule has 2 aromatic rings. The highest BCUT2D eigenvalue weighted by Crippen LogP contribution is 2.44. The van der Waals surface area contributed by atoms with Gasteiger partial charge in [0.25, 0.3) is 5.91 Å². The van der Waals surface area contributed by atoms with E-state index in [1.165, 1.54) is 7.11 Å². The lowest BCUT2D eigenvalue weighted by molar-refractivity contribution is -0.190. The number of amides is 1. The fourth-order valence-corrected chi connectivity index (χ4v) is 4.84. The summed E-state index contributed by atoms with van der Waals surface area (Å²) in [5.41, 5.74) is 0.774. The highest BCUT2D eigenvalue weighted by Gasteiger charge is 2.45. The third-order valence-electron chi connectivity index (χ3n) is 6.48. The number of rotatable bonds is 5. The summed E-state index contributed by atoms with van der Waals surface area (Å²) >= 11 is 0. The zero-order chi connectivity index (χ0) is 22.7. The van der Waals surface area contributed by atoms with E-state index in [4.69, 9.17) is 14.2 Å². The minimum atomic E-state index is -1.07. The van der Waals surface area contributed by atoms with Gasteiger partial charge in [0.2, 0.25) is 0 Å². The smallest absolute Gasteiger partial charge is 0.257 e. The van der Waals surface area contributed by atoms with Crippen molar-refractivity contribution in [1.29, 1.82) is 0 Å². The summed E-state index contributed by atoms with van der Waals surface area (Å²) in [7, 11) is 1.34. The summed E-state index contributed by atoms with van der Waals surface area (Å²) in [6.07, 6.45) is 2.91. The molecule has 2 fully saturated rings. The number of piperidine rings is 1. The number of carbonyl (C=O) groups is 1. The number of methoxy groups -OCH3 is 1. The average Bonchev–Trinajstić information content (AvgIpc) is 2.81. The van der Waals surface area contributed by atoms with Gasteiger partial charge in [0.15, 0.2) is 11.6 Å². The number of likely N-dealkylation sites (tertiary alicyclic amines) is 1. The normalized spacial score (nSPS) is 22.7. The maximum Gasteiger partial charge on any atom is 0.257 e. The van der Waals surface area contributed by atoms with E-state index in [2.05, 4.69) is 12.1 Å². The van der Waals surface area contributed by atoms with Crippen LogP contribution in [0.25, 0.3) is 0 Å². The highest BCUT2D eigenvalue weighted by atomic mass is 19.2. The van der Waals surface area contributed by atoms with Gasteiger partial charge in [0.1, 0.15) is 5.75 Å². The molecule has 0 aliphatic carbocycles. The minimum Gasteiger partial charge on any atom is -0.496 e. The number of benzene rings is 2. The first-order valence-electron chi connectivity index (χ1n) is 11.1. The molecule has 2 aromatic carbocycles. The standard InChI is InChI=1S/C25H29F2NO4/c1-3-31-18-13-22(17-7-5-4-6-8-17)32-25(16-18)9-11-28(12-10-25)24(29)19-14-20(26)21(27)15-23(19)30-2/h4-8,14-15,18,22H,3,9-13,16H2,1-2H3. The molecule has 0 bridgehead atoms. The van der Waals surface area contributed by atoms with E-state index in [1.807, 2.05) is 25.1 Å². The molecule has 2 heterocycles. The Balaban J connectivity index is 1.50. The van der Waals surface area contributed by atoms with E-state index in [9.17, 15) is 13.6 Å². The van der Waals surface area contributed by atoms with E-state index in [1.54, 1.807) is 4.90 Å². The number of ether oxygens (including phenoxy) is 3. The van der Waals surface area contributed by atoms with Crippen molar-refractivity contribution in [2.45, 2.75) is 50.4 Å². The molecule has 32 heavy (non-hydrogen) atoms. The first-order valence-corrected chi connectivity index (χ1v) is 11.1. The predicted octanol–water partition coefficient (Wildman–Crippen LogP) is 4.91. The second kappa shape index (κ2) is 9.55. The second-order valence-electron chi connectivity index (χ2n) is 8.48. The molecule has 4 rings (SSSR count). The zero-order valence-electron chi connectivity index (χ0n) is 18.5. The molecule has 2 saturated heterocycles. The van der Waals surface area contributed by atoms with Crippen molar-refractivity contribution >= 4 is 5.91 Å². The third-order valence-corrected chi connectivity index (χ3v) is 6.48. The maximum absolute atomic E-state index is 13.8. The van der Waals surface area contributed by atoms with Crippen molar-refractivity contribution < 1.29 is 27.8 Å². The number of hydrogen-bond acceptors (Lipinski definition) is 4. The third kappa shape index (κ3) is 4.64. The van der Waals surface area contributed by atoms with Gasteiger partial charge in [-0.05, 0) is 31.4 Å². The molecule has 7 heteroatoms. The maximum atomic E-state index is 13.8. The van der Waals surface area contributed by atoms with Crippen LogP contribution in [0.5, 0.6) is 5.75 Å². The SMILES string of the molecule is CCOC1CC(c2ccccc2)OC2(CCN(C(=O)c3cc(F)c(F)cc3OC)CC2)C1. The fourth-order valence-electron chi connectivity index (χ4n) is 4.84. The molecular weight excluding hydrogens is 416 g/mol. The Morgan fingerprint density at radius 1 is 1.16 bits per heavy atom. The quantitative estimate of drug-likeness (QED) is 0.657. The van der Waals surface area contributed by atoms with Gasteiger partial charge in [-0.2, -0.15) is 0 Å². The van der Waals surface area contributed by atoms with Crippen LogP contribution in [-0.4, -0.2) is 49.3 Å². The zero-order valence-corrected chi connectivity index (χ0v) is 18.5. The van der Waals surface area contributed by atoms with E-state index in [-0.39, 0.29) is 35.0 Å². The van der Waals surface area contributed by atoms with E-state index in [0.29, 0.717) is 32.5 Å². The molecule has 0 saturated carbocycles. The van der Waals surface area contributed by atoms with Crippen molar-refractivity contribution in [3.8, 4) is 5.75 Å². The van der Waals surface area contributed by atoms with Crippen LogP contribution in [0.15, 0.2) is 42.5 Å². The van der Waals surface area contributed by atoms with E-state index >= 15 is 0 Å². The Hall–Kier alpha value is -2.51. The lowest BCUT2D eigenvalue weighted by atomic mass is 9.80. The van der Waals surface area contributed by atoms with Gasteiger partial charge in [-0.1, -0.05) is 30.3 Å². The molecule has 1 amide bonds. The van der Waals surface area contributed by atoms with Gasteiger partial charge in [0, 0.05) is 38.6 Å². The topological polar surface area (TPSA) is 48.0 Å². The van der Waals surface area contributed by atoms with Gasteiger partial charge in [0.05, 0.1) is 30.5 Å². The number of carbonyl (C=O) groups excluding carboxylic acids is 1. The Kier molecular flexibility index (Phi) is 6.76. The van der Waals surface area contributed by atoms with Crippen LogP contribution in [0.2, 0.25) is 0 Å². The van der Waals surface area contributed by atoms with Crippen LogP contribution in [0.1, 0.15) is 54.6 Å². The van der Waals surface area contributed by atoms with Gasteiger partial charge >= 0.3 is 0 Å². The highest BCUT2D eigenvalue weighted by molar-refractivity contribution is 5.97. The van der Waals surface area contributed by atoms with Crippen molar-refractivity contribution in [3.63, 3.8) is 0 Å². The second-order valence-corrected chi connectivity index (χ2v) is 8.48. The monoisotopic (exact) mass is 445 g/mol. The van der Waals surface area contributed by atoms with Crippen molar-refractivity contribution in [1.82, 2.24) is 4.90 Å². The van der Waals surface area contributed by atoms with E-state index < -0.39 is 11.6 Å². The molecule has 0 N–H and O–H groups in total. The number of halogens is 2. The summed E-state index contributed by atoms with van der Waals surface area (Å²) in [5, 5.41) is 0. The molecule has 0 aromatic heterocycles. The van der Waals surface area contributed by atoms with Gasteiger partial charge in [-0.15, -0.1) is 0 Å². The Labute approximate surface area is 187 Å². The van der Waals surface area contributed by atoms with Crippen LogP contribution in [0, 0.1) is 11.6 Å². The van der Waals surface area contributed by atoms with Crippen molar-refractivity contribution in [2.24, 2.45) is 0 Å². The molecule has 2 aliphatic heterocycles. The predicted molar refractivity (Wildman–Crippen MR) is 116 cm³/mol. The molecule has 172 valence electrons. The summed E-state index contributed by atoms with van der Waals surface area (Å²) in [6.45, 7) is 3.56.